The predicted molar refractivity (Wildman–Crippen MR) is 109 cm³/mol. The Bertz CT molecular complexity index is 990. The Morgan fingerprint density at radius 1 is 0.931 bits per heavy atom. The van der Waals surface area contributed by atoms with Gasteiger partial charge in [-0.25, -0.2) is 4.39 Å². The first-order valence-corrected chi connectivity index (χ1v) is 9.29. The van der Waals surface area contributed by atoms with Crippen LogP contribution in [-0.4, -0.2) is 42.4 Å². The molecule has 8 heteroatoms. The number of hydrogen-bond donors (Lipinski definition) is 2. The van der Waals surface area contributed by atoms with Crippen LogP contribution in [0.4, 0.5) is 27.4 Å². The van der Waals surface area contributed by atoms with Crippen molar-refractivity contribution in [2.45, 2.75) is 0 Å². The van der Waals surface area contributed by atoms with Crippen molar-refractivity contribution in [1.29, 1.82) is 0 Å². The zero-order valence-corrected chi connectivity index (χ0v) is 15.6. The van der Waals surface area contributed by atoms with E-state index in [-0.39, 0.29) is 11.4 Å². The van der Waals surface area contributed by atoms with Crippen molar-refractivity contribution >= 4 is 28.9 Å². The first-order valence-electron chi connectivity index (χ1n) is 9.29. The SMILES string of the molecule is O=C(Nc1ccc(Nc2ccccc2N2CCOCC2)nn1)c1ccccc1F. The molecule has 0 aliphatic carbocycles. The molecule has 4 rings (SSSR count). The molecule has 0 unspecified atom stereocenters. The van der Waals surface area contributed by atoms with Crippen LogP contribution in [-0.2, 0) is 4.74 Å². The number of amides is 1. The second-order valence-electron chi connectivity index (χ2n) is 6.48. The molecule has 1 fully saturated rings. The molecule has 148 valence electrons. The third-order valence-electron chi connectivity index (χ3n) is 4.54. The van der Waals surface area contributed by atoms with Crippen molar-refractivity contribution in [3.8, 4) is 0 Å². The summed E-state index contributed by atoms with van der Waals surface area (Å²) in [4.78, 5) is 14.4. The van der Waals surface area contributed by atoms with E-state index in [0.717, 1.165) is 24.5 Å². The molecule has 0 saturated carbocycles. The zero-order valence-electron chi connectivity index (χ0n) is 15.6. The highest BCUT2D eigenvalue weighted by Gasteiger charge is 2.15. The maximum atomic E-state index is 13.7. The molecule has 1 saturated heterocycles. The number of para-hydroxylation sites is 2. The molecule has 1 aliphatic heterocycles. The van der Waals surface area contributed by atoms with E-state index >= 15 is 0 Å². The van der Waals surface area contributed by atoms with Gasteiger partial charge in [-0.2, -0.15) is 0 Å². The van der Waals surface area contributed by atoms with E-state index in [4.69, 9.17) is 4.74 Å². The number of aromatic nitrogens is 2. The standard InChI is InChI=1S/C21H20FN5O2/c22-16-6-2-1-5-15(16)21(28)24-20-10-9-19(25-26-20)23-17-7-3-4-8-18(17)27-11-13-29-14-12-27/h1-10H,11-14H2,(H,23,25)(H,24,26,28). The monoisotopic (exact) mass is 393 g/mol. The van der Waals surface area contributed by atoms with Gasteiger partial charge in [-0.15, -0.1) is 10.2 Å². The summed E-state index contributed by atoms with van der Waals surface area (Å²) in [7, 11) is 0. The Hall–Kier alpha value is -3.52. The van der Waals surface area contributed by atoms with Crippen LogP contribution in [0, 0.1) is 5.82 Å². The molecular formula is C21H20FN5O2. The smallest absolute Gasteiger partial charge is 0.259 e. The van der Waals surface area contributed by atoms with Gasteiger partial charge in [0.05, 0.1) is 30.2 Å². The minimum atomic E-state index is -0.587. The van der Waals surface area contributed by atoms with Gasteiger partial charge in [-0.3, -0.25) is 4.79 Å². The van der Waals surface area contributed by atoms with E-state index in [9.17, 15) is 9.18 Å². The van der Waals surface area contributed by atoms with Crippen LogP contribution in [0.1, 0.15) is 10.4 Å². The minimum absolute atomic E-state index is 0.0454. The number of morpholine rings is 1. The fraction of sp³-hybridized carbons (Fsp3) is 0.190. The van der Waals surface area contributed by atoms with Crippen LogP contribution in [0.15, 0.2) is 60.7 Å². The van der Waals surface area contributed by atoms with E-state index < -0.39 is 11.7 Å². The first kappa shape index (κ1) is 18.8. The van der Waals surface area contributed by atoms with Crippen molar-refractivity contribution in [3.05, 3.63) is 72.0 Å². The maximum absolute atomic E-state index is 13.7. The predicted octanol–water partition coefficient (Wildman–Crippen LogP) is 3.45. The Balaban J connectivity index is 1.45. The number of hydrogen-bond acceptors (Lipinski definition) is 6. The summed E-state index contributed by atoms with van der Waals surface area (Å²) >= 11 is 0. The fourth-order valence-electron chi connectivity index (χ4n) is 3.09. The van der Waals surface area contributed by atoms with Crippen molar-refractivity contribution in [1.82, 2.24) is 10.2 Å². The average molecular weight is 393 g/mol. The summed E-state index contributed by atoms with van der Waals surface area (Å²) in [5.41, 5.74) is 1.93. The van der Waals surface area contributed by atoms with Gasteiger partial charge >= 0.3 is 0 Å². The quantitative estimate of drug-likeness (QED) is 0.691. The molecule has 2 aromatic carbocycles. The Kier molecular flexibility index (Phi) is 5.62. The van der Waals surface area contributed by atoms with Gasteiger partial charge in [0.15, 0.2) is 11.6 Å². The number of anilines is 4. The van der Waals surface area contributed by atoms with E-state index in [1.165, 1.54) is 18.2 Å². The number of halogens is 1. The van der Waals surface area contributed by atoms with Crippen molar-refractivity contribution in [2.24, 2.45) is 0 Å². The second kappa shape index (κ2) is 8.66. The summed E-state index contributed by atoms with van der Waals surface area (Å²) in [6.45, 7) is 3.05. The Morgan fingerprint density at radius 3 is 2.38 bits per heavy atom. The van der Waals surface area contributed by atoms with Crippen LogP contribution >= 0.6 is 0 Å². The molecule has 3 aromatic rings. The number of rotatable bonds is 5. The molecule has 7 nitrogen and oxygen atoms in total. The largest absolute Gasteiger partial charge is 0.378 e. The summed E-state index contributed by atoms with van der Waals surface area (Å²) < 4.78 is 19.1. The molecule has 1 aliphatic rings. The summed E-state index contributed by atoms with van der Waals surface area (Å²) in [6, 6.07) is 17.1. The zero-order chi connectivity index (χ0) is 20.1. The lowest BCUT2D eigenvalue weighted by molar-refractivity contribution is 0.102. The van der Waals surface area contributed by atoms with Gasteiger partial charge in [-0.1, -0.05) is 24.3 Å². The molecule has 1 amide bonds. The summed E-state index contributed by atoms with van der Waals surface area (Å²) in [5, 5.41) is 13.9. The third-order valence-corrected chi connectivity index (χ3v) is 4.54. The van der Waals surface area contributed by atoms with Gasteiger partial charge in [0.2, 0.25) is 0 Å². The number of ether oxygens (including phenoxy) is 1. The highest BCUT2D eigenvalue weighted by Crippen LogP contribution is 2.28. The molecule has 2 heterocycles. The lowest BCUT2D eigenvalue weighted by Gasteiger charge is -2.30. The molecule has 0 bridgehead atoms. The lowest BCUT2D eigenvalue weighted by atomic mass is 10.2. The van der Waals surface area contributed by atoms with Crippen molar-refractivity contribution in [3.63, 3.8) is 0 Å². The van der Waals surface area contributed by atoms with E-state index in [1.807, 2.05) is 24.3 Å². The number of nitrogens with zero attached hydrogens (tertiary/aromatic N) is 3. The normalized spacial score (nSPS) is 13.8. The summed E-state index contributed by atoms with van der Waals surface area (Å²) in [5.74, 6) is -0.383. The highest BCUT2D eigenvalue weighted by molar-refractivity contribution is 6.03. The number of benzene rings is 2. The topological polar surface area (TPSA) is 79.4 Å². The molecule has 0 spiro atoms. The van der Waals surface area contributed by atoms with Gasteiger partial charge in [0, 0.05) is 13.1 Å². The molecular weight excluding hydrogens is 373 g/mol. The molecule has 0 atom stereocenters. The fourth-order valence-corrected chi connectivity index (χ4v) is 3.09. The maximum Gasteiger partial charge on any atom is 0.259 e. The average Bonchev–Trinajstić information content (AvgIpc) is 2.76. The highest BCUT2D eigenvalue weighted by atomic mass is 19.1. The van der Waals surface area contributed by atoms with Gasteiger partial charge in [0.25, 0.3) is 5.91 Å². The van der Waals surface area contributed by atoms with Gasteiger partial charge in [-0.05, 0) is 36.4 Å². The Morgan fingerprint density at radius 2 is 1.62 bits per heavy atom. The number of nitrogens with one attached hydrogen (secondary N) is 2. The van der Waals surface area contributed by atoms with Crippen LogP contribution in [0.3, 0.4) is 0 Å². The molecule has 29 heavy (non-hydrogen) atoms. The number of carbonyl (C=O) groups excluding carboxylic acids is 1. The van der Waals surface area contributed by atoms with Gasteiger partial charge in [0.1, 0.15) is 5.82 Å². The van der Waals surface area contributed by atoms with Crippen LogP contribution in [0.5, 0.6) is 0 Å². The third kappa shape index (κ3) is 4.49. The lowest BCUT2D eigenvalue weighted by Crippen LogP contribution is -2.36. The first-order chi connectivity index (χ1) is 14.2. The van der Waals surface area contributed by atoms with Gasteiger partial charge < -0.3 is 20.3 Å². The number of carbonyl (C=O) groups is 1. The van der Waals surface area contributed by atoms with E-state index in [2.05, 4.69) is 25.7 Å². The molecule has 2 N–H and O–H groups in total. The van der Waals surface area contributed by atoms with Crippen LogP contribution < -0.4 is 15.5 Å². The molecule has 0 radical (unpaired) electrons. The summed E-state index contributed by atoms with van der Waals surface area (Å²) in [6.07, 6.45) is 0. The Labute approximate surface area is 167 Å². The van der Waals surface area contributed by atoms with Crippen LogP contribution in [0.2, 0.25) is 0 Å². The van der Waals surface area contributed by atoms with E-state index in [0.29, 0.717) is 19.0 Å². The second-order valence-corrected chi connectivity index (χ2v) is 6.48. The molecule has 1 aromatic heterocycles. The van der Waals surface area contributed by atoms with Crippen molar-refractivity contribution < 1.29 is 13.9 Å². The van der Waals surface area contributed by atoms with E-state index in [1.54, 1.807) is 18.2 Å². The van der Waals surface area contributed by atoms with Crippen molar-refractivity contribution in [2.75, 3.05) is 41.8 Å². The minimum Gasteiger partial charge on any atom is -0.378 e. The van der Waals surface area contributed by atoms with Crippen LogP contribution in [0.25, 0.3) is 0 Å².